The summed E-state index contributed by atoms with van der Waals surface area (Å²) in [6.45, 7) is 6.06. The number of hydrogen-bond donors (Lipinski definition) is 0. The zero-order valence-electron chi connectivity index (χ0n) is 8.57. The van der Waals surface area contributed by atoms with Crippen LogP contribution in [-0.4, -0.2) is 14.5 Å². The highest BCUT2D eigenvalue weighted by Crippen LogP contribution is 2.13. The maximum absolute atomic E-state index is 4.15. The molecule has 0 N–H and O–H groups in total. The van der Waals surface area contributed by atoms with Gasteiger partial charge in [0.1, 0.15) is 12.0 Å². The highest BCUT2D eigenvalue weighted by atomic mass is 15.0. The van der Waals surface area contributed by atoms with Gasteiger partial charge in [0.15, 0.2) is 0 Å². The highest BCUT2D eigenvalue weighted by Gasteiger charge is 2.00. The van der Waals surface area contributed by atoms with E-state index in [2.05, 4.69) is 27.5 Å². The Morgan fingerprint density at radius 1 is 1.31 bits per heavy atom. The molecule has 2 aromatic rings. The SMILES string of the molecule is CC.Cc1cc2cncnc2n1C. The molecule has 2 rings (SSSR count). The molecule has 0 saturated heterocycles. The van der Waals surface area contributed by atoms with Crippen molar-refractivity contribution in [3.05, 3.63) is 24.3 Å². The summed E-state index contributed by atoms with van der Waals surface area (Å²) in [6, 6.07) is 2.08. The summed E-state index contributed by atoms with van der Waals surface area (Å²) < 4.78 is 2.05. The van der Waals surface area contributed by atoms with Crippen LogP contribution in [0.2, 0.25) is 0 Å². The predicted octanol–water partition coefficient (Wildman–Crippen LogP) is 2.30. The van der Waals surface area contributed by atoms with Gasteiger partial charge in [-0.05, 0) is 13.0 Å². The fraction of sp³-hybridized carbons (Fsp3) is 0.400. The minimum atomic E-state index is 0.998. The van der Waals surface area contributed by atoms with Crippen LogP contribution in [0.25, 0.3) is 11.0 Å². The molecule has 0 saturated carbocycles. The lowest BCUT2D eigenvalue weighted by atomic mass is 10.4. The Labute approximate surface area is 78.4 Å². The lowest BCUT2D eigenvalue weighted by Gasteiger charge is -1.94. The highest BCUT2D eigenvalue weighted by molar-refractivity contribution is 5.75. The fourth-order valence-corrected chi connectivity index (χ4v) is 1.20. The van der Waals surface area contributed by atoms with Gasteiger partial charge in [0.2, 0.25) is 0 Å². The molecule has 2 heterocycles. The van der Waals surface area contributed by atoms with Crippen molar-refractivity contribution in [2.75, 3.05) is 0 Å². The van der Waals surface area contributed by atoms with Gasteiger partial charge in [0, 0.05) is 24.3 Å². The number of hydrogen-bond acceptors (Lipinski definition) is 2. The first-order valence-corrected chi connectivity index (χ1v) is 4.51. The molecule has 0 aliphatic rings. The van der Waals surface area contributed by atoms with Crippen LogP contribution >= 0.6 is 0 Å². The van der Waals surface area contributed by atoms with Gasteiger partial charge in [0.25, 0.3) is 0 Å². The number of aromatic nitrogens is 3. The summed E-state index contributed by atoms with van der Waals surface area (Å²) in [7, 11) is 2.00. The molecular weight excluding hydrogens is 162 g/mol. The van der Waals surface area contributed by atoms with E-state index in [0.717, 1.165) is 11.0 Å². The van der Waals surface area contributed by atoms with Crippen LogP contribution in [-0.2, 0) is 7.05 Å². The minimum absolute atomic E-state index is 0.998. The second-order valence-electron chi connectivity index (χ2n) is 2.65. The van der Waals surface area contributed by atoms with E-state index in [4.69, 9.17) is 0 Å². The number of rotatable bonds is 0. The normalized spacial score (nSPS) is 9.54. The van der Waals surface area contributed by atoms with Crippen molar-refractivity contribution in [2.24, 2.45) is 7.05 Å². The molecule has 70 valence electrons. The summed E-state index contributed by atoms with van der Waals surface area (Å²) in [5.74, 6) is 0. The van der Waals surface area contributed by atoms with Gasteiger partial charge >= 0.3 is 0 Å². The van der Waals surface area contributed by atoms with Crippen LogP contribution in [0.3, 0.4) is 0 Å². The van der Waals surface area contributed by atoms with Crippen LogP contribution in [0.15, 0.2) is 18.6 Å². The zero-order valence-corrected chi connectivity index (χ0v) is 8.57. The van der Waals surface area contributed by atoms with Crippen LogP contribution in [0.4, 0.5) is 0 Å². The van der Waals surface area contributed by atoms with Crippen molar-refractivity contribution >= 4 is 11.0 Å². The smallest absolute Gasteiger partial charge is 0.143 e. The molecule has 13 heavy (non-hydrogen) atoms. The van der Waals surface area contributed by atoms with Crippen LogP contribution < -0.4 is 0 Å². The first-order chi connectivity index (χ1) is 6.29. The van der Waals surface area contributed by atoms with Crippen molar-refractivity contribution in [1.29, 1.82) is 0 Å². The van der Waals surface area contributed by atoms with E-state index >= 15 is 0 Å². The first kappa shape index (κ1) is 9.71. The maximum atomic E-state index is 4.15. The van der Waals surface area contributed by atoms with Gasteiger partial charge in [-0.1, -0.05) is 13.8 Å². The Kier molecular flexibility index (Phi) is 3.01. The monoisotopic (exact) mass is 177 g/mol. The van der Waals surface area contributed by atoms with E-state index in [1.54, 1.807) is 6.33 Å². The standard InChI is InChI=1S/C8H9N3.C2H6/c1-6-3-7-4-9-5-10-8(7)11(6)2;1-2/h3-5H,1-2H3;1-2H3. The summed E-state index contributed by atoms with van der Waals surface area (Å²) in [5.41, 5.74) is 2.21. The second-order valence-corrected chi connectivity index (χ2v) is 2.65. The lowest BCUT2D eigenvalue weighted by Crippen LogP contribution is -1.91. The zero-order chi connectivity index (χ0) is 9.84. The molecular formula is C10H15N3. The van der Waals surface area contributed by atoms with Crippen LogP contribution in [0.1, 0.15) is 19.5 Å². The topological polar surface area (TPSA) is 30.7 Å². The Balaban J connectivity index is 0.000000396. The van der Waals surface area contributed by atoms with Crippen LogP contribution in [0.5, 0.6) is 0 Å². The first-order valence-electron chi connectivity index (χ1n) is 4.51. The van der Waals surface area contributed by atoms with Crippen molar-refractivity contribution in [3.63, 3.8) is 0 Å². The molecule has 0 unspecified atom stereocenters. The predicted molar refractivity (Wildman–Crippen MR) is 54.6 cm³/mol. The third-order valence-electron chi connectivity index (χ3n) is 1.93. The van der Waals surface area contributed by atoms with E-state index in [1.807, 2.05) is 27.1 Å². The van der Waals surface area contributed by atoms with E-state index in [9.17, 15) is 0 Å². The molecule has 0 aliphatic carbocycles. The summed E-state index contributed by atoms with van der Waals surface area (Å²) >= 11 is 0. The van der Waals surface area contributed by atoms with Gasteiger partial charge in [0.05, 0.1) is 0 Å². The molecule has 0 radical (unpaired) electrons. The number of fused-ring (bicyclic) bond motifs is 1. The van der Waals surface area contributed by atoms with Crippen molar-refractivity contribution in [1.82, 2.24) is 14.5 Å². The van der Waals surface area contributed by atoms with Gasteiger partial charge in [-0.15, -0.1) is 0 Å². The van der Waals surface area contributed by atoms with E-state index in [-0.39, 0.29) is 0 Å². The summed E-state index contributed by atoms with van der Waals surface area (Å²) in [5, 5.41) is 1.10. The maximum Gasteiger partial charge on any atom is 0.143 e. The summed E-state index contributed by atoms with van der Waals surface area (Å²) in [6.07, 6.45) is 3.40. The minimum Gasteiger partial charge on any atom is -0.333 e. The number of nitrogens with zero attached hydrogens (tertiary/aromatic N) is 3. The second kappa shape index (κ2) is 4.03. The molecule has 3 nitrogen and oxygen atoms in total. The Bertz CT molecular complexity index is 390. The molecule has 0 bridgehead atoms. The molecule has 0 atom stereocenters. The summed E-state index contributed by atoms with van der Waals surface area (Å²) in [4.78, 5) is 8.10. The molecule has 2 aromatic heterocycles. The molecule has 0 spiro atoms. The van der Waals surface area contributed by atoms with Crippen molar-refractivity contribution in [3.8, 4) is 0 Å². The van der Waals surface area contributed by atoms with Crippen molar-refractivity contribution in [2.45, 2.75) is 20.8 Å². The third-order valence-corrected chi connectivity index (χ3v) is 1.93. The largest absolute Gasteiger partial charge is 0.333 e. The molecule has 0 aliphatic heterocycles. The quantitative estimate of drug-likeness (QED) is 0.618. The third kappa shape index (κ3) is 1.69. The average molecular weight is 177 g/mol. The van der Waals surface area contributed by atoms with Gasteiger partial charge < -0.3 is 4.57 Å². The Hall–Kier alpha value is -1.38. The number of aryl methyl sites for hydroxylation is 2. The molecule has 3 heteroatoms. The lowest BCUT2D eigenvalue weighted by molar-refractivity contribution is 0.899. The van der Waals surface area contributed by atoms with Gasteiger partial charge in [-0.3, -0.25) is 0 Å². The van der Waals surface area contributed by atoms with Crippen LogP contribution in [0, 0.1) is 6.92 Å². The van der Waals surface area contributed by atoms with Crippen molar-refractivity contribution < 1.29 is 0 Å². The Morgan fingerprint density at radius 3 is 2.62 bits per heavy atom. The Morgan fingerprint density at radius 2 is 2.00 bits per heavy atom. The molecule has 0 amide bonds. The van der Waals surface area contributed by atoms with E-state index in [1.165, 1.54) is 5.69 Å². The molecule has 0 aromatic carbocycles. The van der Waals surface area contributed by atoms with E-state index < -0.39 is 0 Å². The fourth-order valence-electron chi connectivity index (χ4n) is 1.20. The van der Waals surface area contributed by atoms with Gasteiger partial charge in [-0.2, -0.15) is 0 Å². The van der Waals surface area contributed by atoms with Gasteiger partial charge in [-0.25, -0.2) is 9.97 Å². The average Bonchev–Trinajstić information content (AvgIpc) is 2.47. The molecule has 0 fully saturated rings. The van der Waals surface area contributed by atoms with E-state index in [0.29, 0.717) is 0 Å².